The van der Waals surface area contributed by atoms with Crippen molar-refractivity contribution in [1.82, 2.24) is 10.3 Å². The second-order valence-electron chi connectivity index (χ2n) is 9.00. The topological polar surface area (TPSA) is 88.9 Å². The number of rotatable bonds is 7. The van der Waals surface area contributed by atoms with Gasteiger partial charge in [-0.25, -0.2) is 0 Å². The standard InChI is InChI=1S/C30H22F3N3O2S/c31-30(32,33)22-11-5-18(6-12-22)13-14-35-16-21-3-1-2-4-23(21)19-7-9-20(10-8-19)25-17-39-29-26(25)27(37)24(15-34)28(38)36-29/h1-12,17,35H,13-14,16H2,(H2,36,37,38). The molecule has 2 heterocycles. The summed E-state index contributed by atoms with van der Waals surface area (Å²) in [6, 6.07) is 22.8. The molecule has 0 aliphatic carbocycles. The first-order valence-electron chi connectivity index (χ1n) is 12.1. The van der Waals surface area contributed by atoms with Gasteiger partial charge in [-0.1, -0.05) is 60.7 Å². The van der Waals surface area contributed by atoms with Gasteiger partial charge in [0.15, 0.2) is 5.56 Å². The van der Waals surface area contributed by atoms with E-state index in [2.05, 4.69) is 10.3 Å². The van der Waals surface area contributed by atoms with Crippen LogP contribution in [0.3, 0.4) is 0 Å². The van der Waals surface area contributed by atoms with Crippen LogP contribution in [0.4, 0.5) is 13.2 Å². The third-order valence-corrected chi connectivity index (χ3v) is 7.44. The second kappa shape index (κ2) is 10.8. The average molecular weight is 546 g/mol. The Morgan fingerprint density at radius 2 is 1.62 bits per heavy atom. The monoisotopic (exact) mass is 545 g/mol. The van der Waals surface area contributed by atoms with Gasteiger partial charge in [-0.3, -0.25) is 4.79 Å². The molecule has 5 nitrogen and oxygen atoms in total. The van der Waals surface area contributed by atoms with E-state index in [-0.39, 0.29) is 11.3 Å². The molecule has 3 aromatic carbocycles. The number of aromatic amines is 1. The van der Waals surface area contributed by atoms with Gasteiger partial charge in [-0.2, -0.15) is 18.4 Å². The molecule has 0 bridgehead atoms. The number of hydrogen-bond acceptors (Lipinski definition) is 5. The van der Waals surface area contributed by atoms with Crippen molar-refractivity contribution in [2.75, 3.05) is 6.54 Å². The fraction of sp³-hybridized carbons (Fsp3) is 0.133. The minimum Gasteiger partial charge on any atom is -0.506 e. The maximum absolute atomic E-state index is 12.8. The van der Waals surface area contributed by atoms with Crippen LogP contribution in [0, 0.1) is 11.3 Å². The van der Waals surface area contributed by atoms with Gasteiger partial charge < -0.3 is 15.4 Å². The first-order chi connectivity index (χ1) is 18.8. The fourth-order valence-electron chi connectivity index (χ4n) is 4.50. The molecule has 0 aliphatic heterocycles. The second-order valence-corrected chi connectivity index (χ2v) is 9.88. The van der Waals surface area contributed by atoms with Crippen molar-refractivity contribution >= 4 is 21.6 Å². The SMILES string of the molecule is N#Cc1c(O)c2c(-c3ccc(-c4ccccc4CNCCc4ccc(C(F)(F)F)cc4)cc3)csc2[nH]c1=O. The Labute approximate surface area is 225 Å². The number of pyridine rings is 1. The van der Waals surface area contributed by atoms with Crippen LogP contribution in [0.5, 0.6) is 5.75 Å². The Morgan fingerprint density at radius 1 is 0.949 bits per heavy atom. The first kappa shape index (κ1) is 26.2. The Bertz CT molecular complexity index is 1730. The summed E-state index contributed by atoms with van der Waals surface area (Å²) in [5.41, 5.74) is 3.94. The van der Waals surface area contributed by atoms with Gasteiger partial charge in [0.2, 0.25) is 0 Å². The Morgan fingerprint density at radius 3 is 2.28 bits per heavy atom. The number of aromatic nitrogens is 1. The summed E-state index contributed by atoms with van der Waals surface area (Å²) in [5.74, 6) is -0.315. The average Bonchev–Trinajstić information content (AvgIpc) is 3.35. The zero-order valence-corrected chi connectivity index (χ0v) is 21.3. The number of hydrogen-bond donors (Lipinski definition) is 3. The summed E-state index contributed by atoms with van der Waals surface area (Å²) < 4.78 is 38.3. The lowest BCUT2D eigenvalue weighted by atomic mass is 9.96. The molecule has 0 unspecified atom stereocenters. The number of halogens is 3. The van der Waals surface area contributed by atoms with Gasteiger partial charge in [0, 0.05) is 17.5 Å². The number of nitrogens with one attached hydrogen (secondary N) is 2. The van der Waals surface area contributed by atoms with Gasteiger partial charge in [0.1, 0.15) is 16.6 Å². The predicted octanol–water partition coefficient (Wildman–Crippen LogP) is 6.85. The maximum Gasteiger partial charge on any atom is 0.416 e. The highest BCUT2D eigenvalue weighted by Gasteiger charge is 2.29. The Balaban J connectivity index is 1.30. The number of fused-ring (bicyclic) bond motifs is 1. The molecule has 0 amide bonds. The quantitative estimate of drug-likeness (QED) is 0.195. The Hall–Kier alpha value is -4.39. The van der Waals surface area contributed by atoms with E-state index < -0.39 is 17.3 Å². The molecule has 196 valence electrons. The minimum absolute atomic E-state index is 0.307. The number of aromatic hydroxyl groups is 1. The van der Waals surface area contributed by atoms with Gasteiger partial charge >= 0.3 is 6.18 Å². The van der Waals surface area contributed by atoms with E-state index in [1.54, 1.807) is 6.07 Å². The molecule has 0 atom stereocenters. The van der Waals surface area contributed by atoms with Crippen LogP contribution in [-0.4, -0.2) is 16.6 Å². The summed E-state index contributed by atoms with van der Waals surface area (Å²) in [4.78, 5) is 15.2. The molecule has 39 heavy (non-hydrogen) atoms. The van der Waals surface area contributed by atoms with E-state index in [0.717, 1.165) is 45.5 Å². The van der Waals surface area contributed by atoms with E-state index in [0.29, 0.717) is 29.7 Å². The normalized spacial score (nSPS) is 11.5. The molecule has 5 rings (SSSR count). The van der Waals surface area contributed by atoms with E-state index in [9.17, 15) is 28.3 Å². The summed E-state index contributed by atoms with van der Waals surface area (Å²) in [7, 11) is 0. The largest absolute Gasteiger partial charge is 0.506 e. The molecule has 5 aromatic rings. The van der Waals surface area contributed by atoms with Crippen LogP contribution in [0.15, 0.2) is 83.0 Å². The minimum atomic E-state index is -4.33. The zero-order valence-electron chi connectivity index (χ0n) is 20.5. The van der Waals surface area contributed by atoms with Crippen LogP contribution >= 0.6 is 11.3 Å². The van der Waals surface area contributed by atoms with Crippen molar-refractivity contribution in [2.45, 2.75) is 19.1 Å². The number of nitrogens with zero attached hydrogens (tertiary/aromatic N) is 1. The van der Waals surface area contributed by atoms with Crippen molar-refractivity contribution in [3.63, 3.8) is 0 Å². The lowest BCUT2D eigenvalue weighted by Gasteiger charge is -2.12. The number of alkyl halides is 3. The molecule has 0 aliphatic rings. The van der Waals surface area contributed by atoms with Crippen LogP contribution in [0.1, 0.15) is 22.3 Å². The molecule has 3 N–H and O–H groups in total. The van der Waals surface area contributed by atoms with Crippen LogP contribution in [0.2, 0.25) is 0 Å². The summed E-state index contributed by atoms with van der Waals surface area (Å²) in [5, 5.41) is 25.5. The van der Waals surface area contributed by atoms with E-state index >= 15 is 0 Å². The molecular formula is C30H22F3N3O2S. The molecule has 0 spiro atoms. The molecular weight excluding hydrogens is 523 g/mol. The molecule has 0 radical (unpaired) electrons. The van der Waals surface area contributed by atoms with E-state index in [1.165, 1.54) is 23.5 Å². The van der Waals surface area contributed by atoms with Crippen LogP contribution in [-0.2, 0) is 19.1 Å². The van der Waals surface area contributed by atoms with Crippen molar-refractivity contribution in [2.24, 2.45) is 0 Å². The first-order valence-corrected chi connectivity index (χ1v) is 13.0. The molecule has 0 fully saturated rings. The van der Waals surface area contributed by atoms with Gasteiger partial charge in [-0.15, -0.1) is 11.3 Å². The molecule has 0 saturated heterocycles. The Kier molecular flexibility index (Phi) is 7.24. The smallest absolute Gasteiger partial charge is 0.416 e. The third-order valence-electron chi connectivity index (χ3n) is 6.54. The van der Waals surface area contributed by atoms with Crippen molar-refractivity contribution in [3.05, 3.63) is 111 Å². The number of thiophene rings is 1. The number of nitriles is 1. The highest BCUT2D eigenvalue weighted by molar-refractivity contribution is 7.17. The number of benzene rings is 3. The lowest BCUT2D eigenvalue weighted by Crippen LogP contribution is -2.17. The highest BCUT2D eigenvalue weighted by atomic mass is 32.1. The third kappa shape index (κ3) is 5.43. The summed E-state index contributed by atoms with van der Waals surface area (Å²) in [6.45, 7) is 1.20. The van der Waals surface area contributed by atoms with Crippen molar-refractivity contribution in [3.8, 4) is 34.1 Å². The summed E-state index contributed by atoms with van der Waals surface area (Å²) in [6.07, 6.45) is -3.73. The summed E-state index contributed by atoms with van der Waals surface area (Å²) >= 11 is 1.29. The van der Waals surface area contributed by atoms with Crippen molar-refractivity contribution in [1.29, 1.82) is 5.26 Å². The predicted molar refractivity (Wildman–Crippen MR) is 147 cm³/mol. The molecule has 0 saturated carbocycles. The molecule has 9 heteroatoms. The van der Waals surface area contributed by atoms with E-state index in [4.69, 9.17) is 0 Å². The maximum atomic E-state index is 12.8. The lowest BCUT2D eigenvalue weighted by molar-refractivity contribution is -0.137. The van der Waals surface area contributed by atoms with Gasteiger partial charge in [0.25, 0.3) is 5.56 Å². The van der Waals surface area contributed by atoms with Crippen molar-refractivity contribution < 1.29 is 18.3 Å². The zero-order chi connectivity index (χ0) is 27.6. The van der Waals surface area contributed by atoms with Crippen LogP contribution < -0.4 is 10.9 Å². The fourth-order valence-corrected chi connectivity index (χ4v) is 5.47. The van der Waals surface area contributed by atoms with Gasteiger partial charge in [-0.05, 0) is 52.9 Å². The highest BCUT2D eigenvalue weighted by Crippen LogP contribution is 2.39. The molecule has 2 aromatic heterocycles. The number of H-pyrrole nitrogens is 1. The van der Waals surface area contributed by atoms with Gasteiger partial charge in [0.05, 0.1) is 10.9 Å². The van der Waals surface area contributed by atoms with Crippen LogP contribution in [0.25, 0.3) is 32.5 Å². The van der Waals surface area contributed by atoms with E-state index in [1.807, 2.05) is 53.9 Å².